The number of rotatable bonds is 4. The van der Waals surface area contributed by atoms with E-state index >= 15 is 0 Å². The van der Waals surface area contributed by atoms with Crippen LogP contribution < -0.4 is 14.8 Å². The summed E-state index contributed by atoms with van der Waals surface area (Å²) in [5.74, 6) is 1.25. The van der Waals surface area contributed by atoms with E-state index in [9.17, 15) is 4.79 Å². The normalized spacial score (nSPS) is 13.1. The lowest BCUT2D eigenvalue weighted by molar-refractivity contribution is 0.0951. The van der Waals surface area contributed by atoms with Gasteiger partial charge in [0.2, 0.25) is 0 Å². The summed E-state index contributed by atoms with van der Waals surface area (Å²) in [5.41, 5.74) is 3.03. The van der Waals surface area contributed by atoms with Crippen LogP contribution in [0.1, 0.15) is 22.3 Å². The summed E-state index contributed by atoms with van der Waals surface area (Å²) in [4.78, 5) is 12.7. The molecule has 0 atom stereocenters. The third kappa shape index (κ3) is 3.79. The molecule has 1 aliphatic rings. The molecule has 1 aromatic heterocycles. The van der Waals surface area contributed by atoms with Crippen molar-refractivity contribution in [3.63, 3.8) is 0 Å². The van der Waals surface area contributed by atoms with Gasteiger partial charge in [-0.05, 0) is 23.8 Å². The fraction of sp³-hybridized carbons (Fsp3) is 0.238. The SMILES string of the molecule is Cn1cc(C(=O)NCc2ccccc2)c(-c2ccc3c(c2)OCCCO3)n1. The predicted octanol–water partition coefficient (Wildman–Crippen LogP) is 3.18. The maximum atomic E-state index is 12.7. The van der Waals surface area contributed by atoms with Gasteiger partial charge in [-0.3, -0.25) is 9.48 Å². The average molecular weight is 363 g/mol. The van der Waals surface area contributed by atoms with E-state index in [1.807, 2.05) is 48.5 Å². The summed E-state index contributed by atoms with van der Waals surface area (Å²) in [6.07, 6.45) is 2.58. The molecule has 2 aromatic carbocycles. The van der Waals surface area contributed by atoms with Crippen molar-refractivity contribution < 1.29 is 14.3 Å². The third-order valence-corrected chi connectivity index (χ3v) is 4.39. The van der Waals surface area contributed by atoms with Crippen molar-refractivity contribution in [2.75, 3.05) is 13.2 Å². The second-order valence-corrected chi connectivity index (χ2v) is 6.45. The van der Waals surface area contributed by atoms with Crippen LogP contribution in [0.3, 0.4) is 0 Å². The van der Waals surface area contributed by atoms with Crippen molar-refractivity contribution >= 4 is 5.91 Å². The van der Waals surface area contributed by atoms with Crippen molar-refractivity contribution in [1.82, 2.24) is 15.1 Å². The van der Waals surface area contributed by atoms with Gasteiger partial charge >= 0.3 is 0 Å². The van der Waals surface area contributed by atoms with Gasteiger partial charge in [0, 0.05) is 31.8 Å². The quantitative estimate of drug-likeness (QED) is 0.773. The first-order valence-electron chi connectivity index (χ1n) is 8.96. The molecule has 6 heteroatoms. The highest BCUT2D eigenvalue weighted by Crippen LogP contribution is 2.34. The number of nitrogens with zero attached hydrogens (tertiary/aromatic N) is 2. The molecule has 0 spiro atoms. The van der Waals surface area contributed by atoms with Crippen LogP contribution in [0.2, 0.25) is 0 Å². The molecule has 2 heterocycles. The highest BCUT2D eigenvalue weighted by molar-refractivity contribution is 5.99. The minimum absolute atomic E-state index is 0.158. The summed E-state index contributed by atoms with van der Waals surface area (Å²) in [6.45, 7) is 1.72. The highest BCUT2D eigenvalue weighted by Gasteiger charge is 2.19. The molecule has 4 rings (SSSR count). The van der Waals surface area contributed by atoms with Gasteiger partial charge in [0.1, 0.15) is 5.69 Å². The molecule has 1 N–H and O–H groups in total. The summed E-state index contributed by atoms with van der Waals surface area (Å²) < 4.78 is 13.1. The van der Waals surface area contributed by atoms with Crippen molar-refractivity contribution in [2.24, 2.45) is 7.05 Å². The predicted molar refractivity (Wildman–Crippen MR) is 102 cm³/mol. The first-order valence-corrected chi connectivity index (χ1v) is 8.96. The molecule has 6 nitrogen and oxygen atoms in total. The molecule has 27 heavy (non-hydrogen) atoms. The molecule has 0 aliphatic carbocycles. The smallest absolute Gasteiger partial charge is 0.255 e. The first kappa shape index (κ1) is 17.1. The van der Waals surface area contributed by atoms with E-state index in [2.05, 4.69) is 10.4 Å². The van der Waals surface area contributed by atoms with Crippen LogP contribution >= 0.6 is 0 Å². The number of hydrogen-bond acceptors (Lipinski definition) is 4. The Morgan fingerprint density at radius 1 is 1.11 bits per heavy atom. The number of carbonyl (C=O) groups excluding carboxylic acids is 1. The molecule has 0 fully saturated rings. The molecule has 0 saturated carbocycles. The number of nitrogens with one attached hydrogen (secondary N) is 1. The van der Waals surface area contributed by atoms with E-state index in [1.54, 1.807) is 17.9 Å². The lowest BCUT2D eigenvalue weighted by Crippen LogP contribution is -2.23. The Bertz CT molecular complexity index is 951. The van der Waals surface area contributed by atoms with Gasteiger partial charge in [-0.2, -0.15) is 5.10 Å². The number of aromatic nitrogens is 2. The monoisotopic (exact) mass is 363 g/mol. The maximum Gasteiger partial charge on any atom is 0.255 e. The van der Waals surface area contributed by atoms with Gasteiger partial charge in [0.05, 0.1) is 18.8 Å². The van der Waals surface area contributed by atoms with E-state index in [4.69, 9.17) is 9.47 Å². The van der Waals surface area contributed by atoms with Crippen LogP contribution in [0.5, 0.6) is 11.5 Å². The standard InChI is InChI=1S/C21H21N3O3/c1-24-14-17(21(25)22-13-15-6-3-2-4-7-15)20(23-24)16-8-9-18-19(12-16)27-11-5-10-26-18/h2-4,6-9,12,14H,5,10-11,13H2,1H3,(H,22,25). The van der Waals surface area contributed by atoms with Crippen LogP contribution in [0.4, 0.5) is 0 Å². The Morgan fingerprint density at radius 3 is 2.70 bits per heavy atom. The Morgan fingerprint density at radius 2 is 1.89 bits per heavy atom. The molecule has 138 valence electrons. The molecule has 0 unspecified atom stereocenters. The lowest BCUT2D eigenvalue weighted by Gasteiger charge is -2.09. The number of fused-ring (bicyclic) bond motifs is 1. The molecule has 3 aromatic rings. The summed E-state index contributed by atoms with van der Waals surface area (Å²) in [5, 5.41) is 7.45. The summed E-state index contributed by atoms with van der Waals surface area (Å²) in [7, 11) is 1.81. The molecular formula is C21H21N3O3. The Hall–Kier alpha value is -3.28. The van der Waals surface area contributed by atoms with Gasteiger partial charge in [-0.25, -0.2) is 0 Å². The van der Waals surface area contributed by atoms with Gasteiger partial charge < -0.3 is 14.8 Å². The molecule has 1 aliphatic heterocycles. The Kier molecular flexibility index (Phi) is 4.78. The molecule has 1 amide bonds. The zero-order chi connectivity index (χ0) is 18.6. The fourth-order valence-electron chi connectivity index (χ4n) is 3.05. The Labute approximate surface area is 157 Å². The number of ether oxygens (including phenoxy) is 2. The van der Waals surface area contributed by atoms with Crippen LogP contribution in [-0.2, 0) is 13.6 Å². The van der Waals surface area contributed by atoms with E-state index in [1.165, 1.54) is 0 Å². The Balaban J connectivity index is 1.59. The number of aryl methyl sites for hydroxylation is 1. The van der Waals surface area contributed by atoms with Crippen LogP contribution in [0, 0.1) is 0 Å². The van der Waals surface area contributed by atoms with Gasteiger partial charge in [0.15, 0.2) is 11.5 Å². The van der Waals surface area contributed by atoms with Gasteiger partial charge in [0.25, 0.3) is 5.91 Å². The van der Waals surface area contributed by atoms with Gasteiger partial charge in [-0.1, -0.05) is 30.3 Å². The number of carbonyl (C=O) groups is 1. The van der Waals surface area contributed by atoms with Crippen molar-refractivity contribution in [2.45, 2.75) is 13.0 Å². The van der Waals surface area contributed by atoms with E-state index in [-0.39, 0.29) is 5.91 Å². The highest BCUT2D eigenvalue weighted by atomic mass is 16.5. The summed E-state index contributed by atoms with van der Waals surface area (Å²) >= 11 is 0. The first-order chi connectivity index (χ1) is 13.2. The maximum absolute atomic E-state index is 12.7. The number of benzene rings is 2. The topological polar surface area (TPSA) is 65.4 Å². The molecule has 0 bridgehead atoms. The van der Waals surface area contributed by atoms with E-state index in [0.29, 0.717) is 36.8 Å². The van der Waals surface area contributed by atoms with Crippen LogP contribution in [0.25, 0.3) is 11.3 Å². The second kappa shape index (κ2) is 7.53. The number of amides is 1. The fourth-order valence-corrected chi connectivity index (χ4v) is 3.05. The van der Waals surface area contributed by atoms with Crippen molar-refractivity contribution in [3.05, 3.63) is 65.9 Å². The molecule has 0 saturated heterocycles. The second-order valence-electron chi connectivity index (χ2n) is 6.45. The molecule has 0 radical (unpaired) electrons. The summed E-state index contributed by atoms with van der Waals surface area (Å²) in [6, 6.07) is 15.5. The zero-order valence-corrected chi connectivity index (χ0v) is 15.1. The molecular weight excluding hydrogens is 342 g/mol. The van der Waals surface area contributed by atoms with Crippen molar-refractivity contribution in [3.8, 4) is 22.8 Å². The minimum Gasteiger partial charge on any atom is -0.490 e. The average Bonchev–Trinajstić information content (AvgIpc) is 2.94. The van der Waals surface area contributed by atoms with Crippen LogP contribution in [-0.4, -0.2) is 28.9 Å². The zero-order valence-electron chi connectivity index (χ0n) is 15.1. The van der Waals surface area contributed by atoms with E-state index in [0.717, 1.165) is 23.3 Å². The minimum atomic E-state index is -0.158. The van der Waals surface area contributed by atoms with Crippen molar-refractivity contribution in [1.29, 1.82) is 0 Å². The van der Waals surface area contributed by atoms with E-state index < -0.39 is 0 Å². The van der Waals surface area contributed by atoms with Gasteiger partial charge in [-0.15, -0.1) is 0 Å². The number of hydrogen-bond donors (Lipinski definition) is 1. The lowest BCUT2D eigenvalue weighted by atomic mass is 10.1. The largest absolute Gasteiger partial charge is 0.490 e. The third-order valence-electron chi connectivity index (χ3n) is 4.39. The van der Waals surface area contributed by atoms with Crippen LogP contribution in [0.15, 0.2) is 54.7 Å².